The lowest BCUT2D eigenvalue weighted by molar-refractivity contribution is 0.476. The molecule has 0 spiro atoms. The third-order valence-electron chi connectivity index (χ3n) is 12.7. The van der Waals surface area contributed by atoms with Gasteiger partial charge in [-0.05, 0) is 168 Å². The van der Waals surface area contributed by atoms with E-state index < -0.39 is 0 Å². The summed E-state index contributed by atoms with van der Waals surface area (Å²) < 4.78 is 0. The number of anilines is 3. The lowest BCUT2D eigenvalue weighted by atomic mass is 9.87. The molecule has 0 heterocycles. The largest absolute Gasteiger partial charge is 0.508 e. The van der Waals surface area contributed by atoms with Gasteiger partial charge in [-0.3, -0.25) is 0 Å². The van der Waals surface area contributed by atoms with Crippen LogP contribution < -0.4 is 4.90 Å². The molecule has 0 atom stereocenters. The standard InChI is InChI=1S/C62H45NO/c64-58-37-38-59-60(53-18-10-17-51(39-53)49-21-19-46(20-22-49)43-11-4-1-5-12-43)41-54-24-23-52(40-61(54)62(59)42-58)50-29-35-57(36-30-50)63(55-31-25-47(26-32-55)44-13-6-2-7-14-44)56-33-27-48(28-34-56)45-15-8-3-9-16-45/h1-19,21,23-42,64H,20,22H2. The highest BCUT2D eigenvalue weighted by molar-refractivity contribution is 6.15. The molecule has 10 aromatic rings. The topological polar surface area (TPSA) is 23.5 Å². The number of aromatic hydroxyl groups is 1. The van der Waals surface area contributed by atoms with Crippen molar-refractivity contribution >= 4 is 49.8 Å². The summed E-state index contributed by atoms with van der Waals surface area (Å²) in [6.45, 7) is 0. The summed E-state index contributed by atoms with van der Waals surface area (Å²) in [6.07, 6.45) is 6.60. The van der Waals surface area contributed by atoms with Crippen molar-refractivity contribution in [2.24, 2.45) is 0 Å². The van der Waals surface area contributed by atoms with Crippen LogP contribution in [0.3, 0.4) is 0 Å². The van der Waals surface area contributed by atoms with Crippen molar-refractivity contribution in [1.82, 2.24) is 0 Å². The van der Waals surface area contributed by atoms with Crippen LogP contribution in [0.1, 0.15) is 24.0 Å². The fraction of sp³-hybridized carbons (Fsp3) is 0.0323. The molecule has 0 fully saturated rings. The first kappa shape index (κ1) is 38.7. The number of phenols is 1. The van der Waals surface area contributed by atoms with Crippen LogP contribution in [0.15, 0.2) is 243 Å². The maximum Gasteiger partial charge on any atom is 0.116 e. The lowest BCUT2D eigenvalue weighted by Crippen LogP contribution is -2.09. The third-order valence-corrected chi connectivity index (χ3v) is 12.7. The molecule has 1 aliphatic rings. The van der Waals surface area contributed by atoms with Crippen LogP contribution in [0.25, 0.3) is 77.2 Å². The van der Waals surface area contributed by atoms with Gasteiger partial charge < -0.3 is 10.0 Å². The van der Waals surface area contributed by atoms with Crippen LogP contribution in [0, 0.1) is 0 Å². The Bertz CT molecular complexity index is 3250. The van der Waals surface area contributed by atoms with Gasteiger partial charge in [-0.1, -0.05) is 176 Å². The average Bonchev–Trinajstić information content (AvgIpc) is 3.37. The first-order valence-electron chi connectivity index (χ1n) is 22.1. The van der Waals surface area contributed by atoms with E-state index in [1.54, 1.807) is 6.07 Å². The normalized spacial score (nSPS) is 12.5. The molecule has 304 valence electrons. The number of phenolic OH excluding ortho intramolecular Hbond substituents is 1. The lowest BCUT2D eigenvalue weighted by Gasteiger charge is -2.26. The molecule has 0 aliphatic heterocycles. The molecular formula is C62H45NO. The number of nitrogens with zero attached hydrogens (tertiary/aromatic N) is 1. The van der Waals surface area contributed by atoms with E-state index in [1.807, 2.05) is 6.07 Å². The Morgan fingerprint density at radius 2 is 0.750 bits per heavy atom. The third kappa shape index (κ3) is 7.67. The van der Waals surface area contributed by atoms with Gasteiger partial charge in [0.2, 0.25) is 0 Å². The van der Waals surface area contributed by atoms with Crippen LogP contribution in [-0.2, 0) is 0 Å². The number of rotatable bonds is 9. The fourth-order valence-corrected chi connectivity index (χ4v) is 9.33. The van der Waals surface area contributed by atoms with Crippen molar-refractivity contribution in [2.75, 3.05) is 4.90 Å². The summed E-state index contributed by atoms with van der Waals surface area (Å²) >= 11 is 0. The molecule has 0 saturated heterocycles. The Labute approximate surface area is 375 Å². The molecular weight excluding hydrogens is 775 g/mol. The Hall–Kier alpha value is -8.20. The molecule has 64 heavy (non-hydrogen) atoms. The maximum atomic E-state index is 10.9. The average molecular weight is 820 g/mol. The molecule has 2 heteroatoms. The minimum Gasteiger partial charge on any atom is -0.508 e. The summed E-state index contributed by atoms with van der Waals surface area (Å²) in [4.78, 5) is 2.32. The fourth-order valence-electron chi connectivity index (χ4n) is 9.33. The second-order valence-electron chi connectivity index (χ2n) is 16.6. The Morgan fingerprint density at radius 1 is 0.297 bits per heavy atom. The van der Waals surface area contributed by atoms with E-state index in [4.69, 9.17) is 0 Å². The zero-order valence-corrected chi connectivity index (χ0v) is 35.4. The van der Waals surface area contributed by atoms with E-state index >= 15 is 0 Å². The van der Waals surface area contributed by atoms with Gasteiger partial charge in [-0.2, -0.15) is 0 Å². The predicted octanol–water partition coefficient (Wildman–Crippen LogP) is 17.1. The summed E-state index contributed by atoms with van der Waals surface area (Å²) in [5, 5.41) is 15.3. The summed E-state index contributed by atoms with van der Waals surface area (Å²) in [7, 11) is 0. The first-order chi connectivity index (χ1) is 31.6. The van der Waals surface area contributed by atoms with Gasteiger partial charge in [0, 0.05) is 17.1 Å². The van der Waals surface area contributed by atoms with E-state index in [2.05, 4.69) is 235 Å². The number of benzene rings is 10. The number of hydrogen-bond donors (Lipinski definition) is 1. The van der Waals surface area contributed by atoms with Gasteiger partial charge in [-0.25, -0.2) is 0 Å². The van der Waals surface area contributed by atoms with E-state index in [0.29, 0.717) is 0 Å². The van der Waals surface area contributed by atoms with Crippen LogP contribution in [0.2, 0.25) is 0 Å². The number of fused-ring (bicyclic) bond motifs is 3. The Balaban J connectivity index is 0.932. The molecule has 1 N–H and O–H groups in total. The quantitative estimate of drug-likeness (QED) is 0.147. The minimum atomic E-state index is 0.261. The number of allylic oxidation sites excluding steroid dienone is 4. The van der Waals surface area contributed by atoms with Crippen LogP contribution >= 0.6 is 0 Å². The highest BCUT2D eigenvalue weighted by Crippen LogP contribution is 2.42. The maximum absolute atomic E-state index is 10.9. The van der Waals surface area contributed by atoms with Gasteiger partial charge in [0.1, 0.15) is 5.75 Å². The van der Waals surface area contributed by atoms with Crippen molar-refractivity contribution < 1.29 is 5.11 Å². The van der Waals surface area contributed by atoms with E-state index in [9.17, 15) is 5.11 Å². The molecule has 1 aliphatic carbocycles. The second kappa shape index (κ2) is 16.9. The summed E-state index contributed by atoms with van der Waals surface area (Å²) in [5.41, 5.74) is 17.9. The van der Waals surface area contributed by atoms with Crippen molar-refractivity contribution in [2.45, 2.75) is 12.8 Å². The van der Waals surface area contributed by atoms with E-state index in [0.717, 1.165) is 68.1 Å². The SMILES string of the molecule is Oc1ccc2c(-c3cccc(C4=CC=C(c5ccccc5)CC4)c3)cc3ccc(-c4ccc(N(c5ccc(-c6ccccc6)cc5)c5ccc(-c6ccccc6)cc5)cc4)cc3c2c1. The van der Waals surface area contributed by atoms with Gasteiger partial charge in [-0.15, -0.1) is 0 Å². The number of hydrogen-bond acceptors (Lipinski definition) is 2. The highest BCUT2D eigenvalue weighted by atomic mass is 16.3. The molecule has 10 aromatic carbocycles. The molecule has 0 saturated carbocycles. The van der Waals surface area contributed by atoms with Gasteiger partial charge in [0.15, 0.2) is 0 Å². The molecule has 0 bridgehead atoms. The van der Waals surface area contributed by atoms with Gasteiger partial charge in [0.05, 0.1) is 0 Å². The van der Waals surface area contributed by atoms with Gasteiger partial charge >= 0.3 is 0 Å². The predicted molar refractivity (Wildman–Crippen MR) is 271 cm³/mol. The van der Waals surface area contributed by atoms with E-state index in [1.165, 1.54) is 50.1 Å². The molecule has 0 aromatic heterocycles. The van der Waals surface area contributed by atoms with Crippen LogP contribution in [0.4, 0.5) is 17.1 Å². The minimum absolute atomic E-state index is 0.261. The van der Waals surface area contributed by atoms with Crippen molar-refractivity contribution in [3.05, 3.63) is 254 Å². The summed E-state index contributed by atoms with van der Waals surface area (Å²) in [5.74, 6) is 0.261. The van der Waals surface area contributed by atoms with Crippen molar-refractivity contribution in [1.29, 1.82) is 0 Å². The zero-order chi connectivity index (χ0) is 42.8. The molecule has 2 nitrogen and oxygen atoms in total. The van der Waals surface area contributed by atoms with Crippen LogP contribution in [0.5, 0.6) is 5.75 Å². The summed E-state index contributed by atoms with van der Waals surface area (Å²) in [6, 6.07) is 82.0. The van der Waals surface area contributed by atoms with Gasteiger partial charge in [0.25, 0.3) is 0 Å². The molecule has 0 amide bonds. The van der Waals surface area contributed by atoms with Crippen molar-refractivity contribution in [3.8, 4) is 50.3 Å². The zero-order valence-electron chi connectivity index (χ0n) is 35.4. The molecule has 0 radical (unpaired) electrons. The molecule has 0 unspecified atom stereocenters. The highest BCUT2D eigenvalue weighted by Gasteiger charge is 2.17. The monoisotopic (exact) mass is 819 g/mol. The Morgan fingerprint density at radius 3 is 1.30 bits per heavy atom. The van der Waals surface area contributed by atoms with Crippen LogP contribution in [-0.4, -0.2) is 5.11 Å². The Kier molecular flexibility index (Phi) is 10.2. The smallest absolute Gasteiger partial charge is 0.116 e. The first-order valence-corrected chi connectivity index (χ1v) is 22.1. The van der Waals surface area contributed by atoms with E-state index in [-0.39, 0.29) is 5.75 Å². The second-order valence-corrected chi connectivity index (χ2v) is 16.6. The van der Waals surface area contributed by atoms with Crippen molar-refractivity contribution in [3.63, 3.8) is 0 Å². The molecule has 11 rings (SSSR count).